The Hall–Kier alpha value is -0.0800. The van der Waals surface area contributed by atoms with Gasteiger partial charge < -0.3 is 16.9 Å². The maximum atomic E-state index is 9.80. The smallest absolute Gasteiger partial charge is 0.174 e. The van der Waals surface area contributed by atoms with Crippen LogP contribution in [-0.4, -0.2) is 38.5 Å². The average Bonchev–Trinajstić information content (AvgIpc) is 1.30. The van der Waals surface area contributed by atoms with Crippen LogP contribution in [0.3, 0.4) is 0 Å². The van der Waals surface area contributed by atoms with Crippen LogP contribution in [0.5, 0.6) is 0 Å². The van der Waals surface area contributed by atoms with E-state index in [9.17, 15) is 4.79 Å². The molecule has 0 spiro atoms. The van der Waals surface area contributed by atoms with Gasteiger partial charge in [0.1, 0.15) is 6.54 Å². The number of aldehydes is 1. The van der Waals surface area contributed by atoms with Crippen molar-refractivity contribution in [2.45, 2.75) is 0 Å². The quantitative estimate of drug-likeness (QED) is 0.291. The first-order valence-electron chi connectivity index (χ1n) is 2.30. The molecule has 8 heavy (non-hydrogen) atoms. The van der Waals surface area contributed by atoms with Crippen molar-refractivity contribution in [3.05, 3.63) is 0 Å². The first-order valence-corrected chi connectivity index (χ1v) is 2.30. The van der Waals surface area contributed by atoms with E-state index in [1.54, 1.807) is 0 Å². The number of rotatable bonds is 2. The minimum Gasteiger partial charge on any atom is -1.00 e. The highest BCUT2D eigenvalue weighted by Crippen LogP contribution is 1.82. The molecule has 3 heteroatoms. The molecule has 0 aromatic carbocycles. The minimum atomic E-state index is 0. The average molecular weight is 138 g/mol. The molecular formula is C5H12ClNO. The van der Waals surface area contributed by atoms with E-state index in [0.29, 0.717) is 6.54 Å². The Bertz CT molecular complexity index is 67.3. The van der Waals surface area contributed by atoms with Gasteiger partial charge in [0.2, 0.25) is 0 Å². The molecule has 0 saturated heterocycles. The second-order valence-electron chi connectivity index (χ2n) is 2.64. The molecule has 0 bridgehead atoms. The molecule has 50 valence electrons. The minimum absolute atomic E-state index is 0. The molecule has 0 saturated carbocycles. The zero-order chi connectivity index (χ0) is 5.91. The lowest BCUT2D eigenvalue weighted by Crippen LogP contribution is -3.00. The lowest BCUT2D eigenvalue weighted by molar-refractivity contribution is -0.861. The van der Waals surface area contributed by atoms with Crippen LogP contribution in [-0.2, 0) is 4.79 Å². The van der Waals surface area contributed by atoms with Crippen molar-refractivity contribution in [2.24, 2.45) is 0 Å². The summed E-state index contributed by atoms with van der Waals surface area (Å²) >= 11 is 0. The number of quaternary nitrogens is 1. The number of hydrogen-bond acceptors (Lipinski definition) is 1. The van der Waals surface area contributed by atoms with Gasteiger partial charge in [0.05, 0.1) is 21.1 Å². The second kappa shape index (κ2) is 3.87. The van der Waals surface area contributed by atoms with E-state index in [-0.39, 0.29) is 12.4 Å². The van der Waals surface area contributed by atoms with Gasteiger partial charge in [0.25, 0.3) is 0 Å². The van der Waals surface area contributed by atoms with E-state index in [2.05, 4.69) is 0 Å². The predicted molar refractivity (Wildman–Crippen MR) is 29.0 cm³/mol. The molecule has 0 aromatic rings. The molecule has 0 aliphatic carbocycles. The second-order valence-corrected chi connectivity index (χ2v) is 2.64. The van der Waals surface area contributed by atoms with Gasteiger partial charge in [-0.25, -0.2) is 0 Å². The summed E-state index contributed by atoms with van der Waals surface area (Å²) in [6.45, 7) is 0.597. The van der Waals surface area contributed by atoms with Crippen molar-refractivity contribution >= 4 is 6.29 Å². The first kappa shape index (κ1) is 10.8. The summed E-state index contributed by atoms with van der Waals surface area (Å²) in [5, 5.41) is 0. The molecule has 0 fully saturated rings. The molecule has 0 atom stereocenters. The summed E-state index contributed by atoms with van der Waals surface area (Å²) in [5.74, 6) is 0. The summed E-state index contributed by atoms with van der Waals surface area (Å²) in [4.78, 5) is 9.80. The van der Waals surface area contributed by atoms with Gasteiger partial charge in [-0.15, -0.1) is 0 Å². The number of carbonyl (C=O) groups excluding carboxylic acids is 1. The Morgan fingerprint density at radius 3 is 1.75 bits per heavy atom. The van der Waals surface area contributed by atoms with Crippen LogP contribution < -0.4 is 12.4 Å². The molecule has 2 nitrogen and oxygen atoms in total. The number of carbonyl (C=O) groups is 1. The van der Waals surface area contributed by atoms with Crippen LogP contribution in [0, 0.1) is 0 Å². The molecule has 0 rings (SSSR count). The van der Waals surface area contributed by atoms with Gasteiger partial charge in [0, 0.05) is 0 Å². The zero-order valence-electron chi connectivity index (χ0n) is 5.52. The van der Waals surface area contributed by atoms with Crippen LogP contribution in [0.15, 0.2) is 0 Å². The normalized spacial score (nSPS) is 9.88. The van der Waals surface area contributed by atoms with E-state index in [1.807, 2.05) is 21.1 Å². The topological polar surface area (TPSA) is 17.1 Å². The van der Waals surface area contributed by atoms with E-state index in [0.717, 1.165) is 10.8 Å². The number of likely N-dealkylation sites (N-methyl/N-ethyl adjacent to an activating group) is 1. The Balaban J connectivity index is 0. The van der Waals surface area contributed by atoms with E-state index in [1.165, 1.54) is 0 Å². The van der Waals surface area contributed by atoms with Gasteiger partial charge in [-0.1, -0.05) is 0 Å². The molecule has 0 heterocycles. The summed E-state index contributed by atoms with van der Waals surface area (Å²) in [5.41, 5.74) is 0. The Labute approximate surface area is 56.5 Å². The highest BCUT2D eigenvalue weighted by molar-refractivity contribution is 5.50. The van der Waals surface area contributed by atoms with Crippen LogP contribution >= 0.6 is 0 Å². The molecule has 0 N–H and O–H groups in total. The van der Waals surface area contributed by atoms with Crippen LogP contribution in [0.1, 0.15) is 0 Å². The third-order valence-electron chi connectivity index (χ3n) is 0.622. The fourth-order valence-electron chi connectivity index (χ4n) is 0.224. The third kappa shape index (κ3) is 9.33. The van der Waals surface area contributed by atoms with Crippen LogP contribution in [0.2, 0.25) is 0 Å². The van der Waals surface area contributed by atoms with Crippen molar-refractivity contribution in [3.63, 3.8) is 0 Å². The fourth-order valence-corrected chi connectivity index (χ4v) is 0.224. The SMILES string of the molecule is C[N+](C)(C)CC=O.[Cl-]. The first-order chi connectivity index (χ1) is 3.06. The number of nitrogens with zero attached hydrogens (tertiary/aromatic N) is 1. The molecule has 0 aromatic heterocycles. The van der Waals surface area contributed by atoms with Crippen LogP contribution in [0.25, 0.3) is 0 Å². The number of hydrogen-bond donors (Lipinski definition) is 0. The molecule has 0 aliphatic heterocycles. The highest BCUT2D eigenvalue weighted by atomic mass is 35.5. The van der Waals surface area contributed by atoms with Gasteiger partial charge >= 0.3 is 0 Å². The van der Waals surface area contributed by atoms with E-state index >= 15 is 0 Å². The maximum absolute atomic E-state index is 9.80. The van der Waals surface area contributed by atoms with Gasteiger partial charge in [0.15, 0.2) is 6.29 Å². The monoisotopic (exact) mass is 137 g/mol. The third-order valence-corrected chi connectivity index (χ3v) is 0.622. The predicted octanol–water partition coefficient (Wildman–Crippen LogP) is -3.10. The number of halogens is 1. The standard InChI is InChI=1S/C5H12NO.ClH/c1-6(2,3)4-5-7;/h5H,4H2,1-3H3;1H/q+1;/p-1. The molecule has 0 aliphatic rings. The lowest BCUT2D eigenvalue weighted by Gasteiger charge is -2.19. The summed E-state index contributed by atoms with van der Waals surface area (Å²) in [6.07, 6.45) is 0.931. The Morgan fingerprint density at radius 2 is 1.75 bits per heavy atom. The molecule has 0 unspecified atom stereocenters. The highest BCUT2D eigenvalue weighted by Gasteiger charge is 2.01. The van der Waals surface area contributed by atoms with Crippen LogP contribution in [0.4, 0.5) is 0 Å². The molecular weight excluding hydrogens is 126 g/mol. The maximum Gasteiger partial charge on any atom is 0.174 e. The summed E-state index contributed by atoms with van der Waals surface area (Å²) in [6, 6.07) is 0. The van der Waals surface area contributed by atoms with Crippen molar-refractivity contribution in [3.8, 4) is 0 Å². The summed E-state index contributed by atoms with van der Waals surface area (Å²) < 4.78 is 0.726. The van der Waals surface area contributed by atoms with E-state index < -0.39 is 0 Å². The van der Waals surface area contributed by atoms with E-state index in [4.69, 9.17) is 0 Å². The molecule has 0 radical (unpaired) electrons. The Morgan fingerprint density at radius 1 is 1.38 bits per heavy atom. The van der Waals surface area contributed by atoms with Gasteiger partial charge in [-0.2, -0.15) is 0 Å². The van der Waals surface area contributed by atoms with Gasteiger partial charge in [-0.3, -0.25) is 4.79 Å². The lowest BCUT2D eigenvalue weighted by atomic mass is 10.6. The molecule has 0 amide bonds. The Kier molecular flexibility index (Phi) is 5.23. The summed E-state index contributed by atoms with van der Waals surface area (Å²) in [7, 11) is 5.94. The fraction of sp³-hybridized carbons (Fsp3) is 0.800. The largest absolute Gasteiger partial charge is 1.00 e. The van der Waals surface area contributed by atoms with Crippen molar-refractivity contribution in [1.82, 2.24) is 0 Å². The van der Waals surface area contributed by atoms with Crippen molar-refractivity contribution in [1.29, 1.82) is 0 Å². The van der Waals surface area contributed by atoms with Crippen molar-refractivity contribution in [2.75, 3.05) is 27.7 Å². The zero-order valence-corrected chi connectivity index (χ0v) is 6.27. The van der Waals surface area contributed by atoms with Gasteiger partial charge in [-0.05, 0) is 0 Å². The van der Waals surface area contributed by atoms with Crippen molar-refractivity contribution < 1.29 is 21.7 Å².